The molecule has 1 amide bonds. The third kappa shape index (κ3) is 3.92. The minimum Gasteiger partial charge on any atom is -0.348 e. The van der Waals surface area contributed by atoms with Crippen molar-refractivity contribution in [3.05, 3.63) is 124 Å². The SMILES string of the molecule is N=c1c(C(=O)NCc2ccccc2)cc2c(=O)n3ccccc3nc2n1Cc1ccccc1. The van der Waals surface area contributed by atoms with Gasteiger partial charge >= 0.3 is 0 Å². The fourth-order valence-corrected chi connectivity index (χ4v) is 3.85. The molecule has 33 heavy (non-hydrogen) atoms. The smallest absolute Gasteiger partial charge is 0.267 e. The molecule has 5 rings (SSSR count). The van der Waals surface area contributed by atoms with Gasteiger partial charge in [0.05, 0.1) is 17.5 Å². The zero-order valence-electron chi connectivity index (χ0n) is 17.7. The van der Waals surface area contributed by atoms with E-state index in [1.54, 1.807) is 22.9 Å². The van der Waals surface area contributed by atoms with Gasteiger partial charge in [0.25, 0.3) is 11.5 Å². The Morgan fingerprint density at radius 1 is 0.909 bits per heavy atom. The van der Waals surface area contributed by atoms with Crippen LogP contribution in [-0.4, -0.2) is 19.9 Å². The minimum atomic E-state index is -0.412. The molecule has 2 N–H and O–H groups in total. The molecule has 7 nitrogen and oxygen atoms in total. The summed E-state index contributed by atoms with van der Waals surface area (Å²) in [6.07, 6.45) is 1.65. The Labute approximate surface area is 189 Å². The summed E-state index contributed by atoms with van der Waals surface area (Å²) in [5.74, 6) is -0.412. The molecule has 162 valence electrons. The second-order valence-corrected chi connectivity index (χ2v) is 7.73. The Balaban J connectivity index is 1.67. The number of hydrogen-bond acceptors (Lipinski definition) is 4. The molecule has 0 spiro atoms. The molecule has 3 heterocycles. The van der Waals surface area contributed by atoms with Gasteiger partial charge in [0.2, 0.25) is 0 Å². The van der Waals surface area contributed by atoms with E-state index in [0.717, 1.165) is 11.1 Å². The van der Waals surface area contributed by atoms with Gasteiger partial charge in [-0.3, -0.25) is 19.4 Å². The van der Waals surface area contributed by atoms with Crippen molar-refractivity contribution in [1.82, 2.24) is 19.3 Å². The standard InChI is InChI=1S/C26H21N5O2/c27-23-20(25(32)28-16-18-9-3-1-4-10-18)15-21-24(31(23)17-19-11-5-2-6-12-19)29-22-13-7-8-14-30(22)26(21)33/h1-15,27H,16-17H2,(H,28,32). The summed E-state index contributed by atoms with van der Waals surface area (Å²) in [5, 5.41) is 12.0. The summed E-state index contributed by atoms with van der Waals surface area (Å²) in [6, 6.07) is 26.0. The van der Waals surface area contributed by atoms with Crippen LogP contribution in [0.25, 0.3) is 16.7 Å². The largest absolute Gasteiger partial charge is 0.348 e. The molecule has 3 aromatic heterocycles. The van der Waals surface area contributed by atoms with Crippen LogP contribution in [0, 0.1) is 5.41 Å². The molecule has 0 atom stereocenters. The third-order valence-corrected chi connectivity index (χ3v) is 5.54. The summed E-state index contributed by atoms with van der Waals surface area (Å²) in [5.41, 5.74) is 2.59. The van der Waals surface area contributed by atoms with Crippen LogP contribution >= 0.6 is 0 Å². The lowest BCUT2D eigenvalue weighted by Crippen LogP contribution is -2.35. The summed E-state index contributed by atoms with van der Waals surface area (Å²) in [7, 11) is 0. The second kappa shape index (κ2) is 8.55. The predicted octanol–water partition coefficient (Wildman–Crippen LogP) is 3.11. The molecule has 0 unspecified atom stereocenters. The summed E-state index contributed by atoms with van der Waals surface area (Å²) < 4.78 is 3.07. The van der Waals surface area contributed by atoms with Crippen LogP contribution in [0.5, 0.6) is 0 Å². The van der Waals surface area contributed by atoms with Gasteiger partial charge in [-0.2, -0.15) is 0 Å². The summed E-state index contributed by atoms with van der Waals surface area (Å²) in [6.45, 7) is 0.635. The molecule has 0 aliphatic heterocycles. The van der Waals surface area contributed by atoms with E-state index >= 15 is 0 Å². The average molecular weight is 435 g/mol. The Bertz CT molecular complexity index is 1590. The number of nitrogens with zero attached hydrogens (tertiary/aromatic N) is 3. The summed E-state index contributed by atoms with van der Waals surface area (Å²) >= 11 is 0. The van der Waals surface area contributed by atoms with Crippen molar-refractivity contribution in [2.24, 2.45) is 0 Å². The van der Waals surface area contributed by atoms with Crippen molar-refractivity contribution in [2.75, 3.05) is 0 Å². The fraction of sp³-hybridized carbons (Fsp3) is 0.0769. The molecule has 0 radical (unpaired) electrons. The van der Waals surface area contributed by atoms with E-state index in [0.29, 0.717) is 24.4 Å². The lowest BCUT2D eigenvalue weighted by molar-refractivity contribution is 0.0948. The Morgan fingerprint density at radius 2 is 1.58 bits per heavy atom. The van der Waals surface area contributed by atoms with E-state index < -0.39 is 5.91 Å². The molecular weight excluding hydrogens is 414 g/mol. The van der Waals surface area contributed by atoms with Crippen LogP contribution in [-0.2, 0) is 13.1 Å². The Kier molecular flexibility index (Phi) is 5.28. The first-order valence-corrected chi connectivity index (χ1v) is 10.6. The van der Waals surface area contributed by atoms with Crippen LogP contribution in [0.4, 0.5) is 0 Å². The Hall–Kier alpha value is -4.52. The number of amides is 1. The maximum atomic E-state index is 13.3. The van der Waals surface area contributed by atoms with Crippen molar-refractivity contribution in [3.8, 4) is 0 Å². The fourth-order valence-electron chi connectivity index (χ4n) is 3.85. The van der Waals surface area contributed by atoms with Gasteiger partial charge in [0.15, 0.2) is 0 Å². The van der Waals surface area contributed by atoms with Crippen molar-refractivity contribution in [3.63, 3.8) is 0 Å². The zero-order valence-corrected chi connectivity index (χ0v) is 17.7. The first-order chi connectivity index (χ1) is 16.1. The highest BCUT2D eigenvalue weighted by atomic mass is 16.1. The molecule has 5 aromatic rings. The van der Waals surface area contributed by atoms with E-state index in [9.17, 15) is 9.59 Å². The number of pyridine rings is 2. The molecule has 2 aromatic carbocycles. The highest BCUT2D eigenvalue weighted by Crippen LogP contribution is 2.12. The lowest BCUT2D eigenvalue weighted by Gasteiger charge is -2.15. The van der Waals surface area contributed by atoms with Crippen molar-refractivity contribution >= 4 is 22.6 Å². The number of carbonyl (C=O) groups excluding carboxylic acids is 1. The van der Waals surface area contributed by atoms with Crippen LogP contribution in [0.2, 0.25) is 0 Å². The topological polar surface area (TPSA) is 92.2 Å². The second-order valence-electron chi connectivity index (χ2n) is 7.73. The number of aromatic nitrogens is 3. The Morgan fingerprint density at radius 3 is 2.30 bits per heavy atom. The van der Waals surface area contributed by atoms with E-state index in [2.05, 4.69) is 10.3 Å². The third-order valence-electron chi connectivity index (χ3n) is 5.54. The molecule has 7 heteroatoms. The van der Waals surface area contributed by atoms with Gasteiger partial charge in [0, 0.05) is 12.7 Å². The first-order valence-electron chi connectivity index (χ1n) is 10.6. The van der Waals surface area contributed by atoms with Crippen molar-refractivity contribution in [1.29, 1.82) is 5.41 Å². The monoisotopic (exact) mass is 435 g/mol. The molecule has 0 fully saturated rings. The number of nitrogens with one attached hydrogen (secondary N) is 2. The van der Waals surface area contributed by atoms with Crippen molar-refractivity contribution in [2.45, 2.75) is 13.1 Å². The molecule has 0 saturated carbocycles. The normalized spacial score (nSPS) is 11.0. The zero-order chi connectivity index (χ0) is 22.8. The molecular formula is C26H21N5O2. The lowest BCUT2D eigenvalue weighted by atomic mass is 10.1. The molecule has 0 bridgehead atoms. The van der Waals surface area contributed by atoms with Crippen molar-refractivity contribution < 1.29 is 4.79 Å². The van der Waals surface area contributed by atoms with Gasteiger partial charge in [-0.25, -0.2) is 4.98 Å². The van der Waals surface area contributed by atoms with Crippen LogP contribution in [0.1, 0.15) is 21.5 Å². The van der Waals surface area contributed by atoms with E-state index in [4.69, 9.17) is 5.41 Å². The van der Waals surface area contributed by atoms with Gasteiger partial charge in [0.1, 0.15) is 16.8 Å². The van der Waals surface area contributed by atoms with Crippen LogP contribution in [0.3, 0.4) is 0 Å². The van der Waals surface area contributed by atoms with E-state index in [1.807, 2.05) is 66.7 Å². The molecule has 0 aliphatic rings. The highest BCUT2D eigenvalue weighted by molar-refractivity contribution is 5.96. The van der Waals surface area contributed by atoms with Gasteiger partial charge in [-0.05, 0) is 29.3 Å². The molecule has 0 saturated heterocycles. The minimum absolute atomic E-state index is 0.00379. The number of benzene rings is 2. The predicted molar refractivity (Wildman–Crippen MR) is 126 cm³/mol. The summed E-state index contributed by atoms with van der Waals surface area (Å²) in [4.78, 5) is 31.0. The van der Waals surface area contributed by atoms with Gasteiger partial charge in [-0.15, -0.1) is 0 Å². The number of carbonyl (C=O) groups is 1. The molecule has 0 aliphatic carbocycles. The van der Waals surface area contributed by atoms with E-state index in [-0.39, 0.29) is 22.0 Å². The maximum Gasteiger partial charge on any atom is 0.267 e. The number of fused-ring (bicyclic) bond motifs is 2. The van der Waals surface area contributed by atoms with Gasteiger partial charge in [-0.1, -0.05) is 66.7 Å². The number of hydrogen-bond donors (Lipinski definition) is 2. The maximum absolute atomic E-state index is 13.3. The van der Waals surface area contributed by atoms with Gasteiger partial charge < -0.3 is 9.88 Å². The van der Waals surface area contributed by atoms with Crippen LogP contribution < -0.4 is 16.4 Å². The highest BCUT2D eigenvalue weighted by Gasteiger charge is 2.17. The number of rotatable bonds is 5. The quantitative estimate of drug-likeness (QED) is 0.416. The van der Waals surface area contributed by atoms with E-state index in [1.165, 1.54) is 10.5 Å². The first kappa shape index (κ1) is 20.4. The average Bonchev–Trinajstić information content (AvgIpc) is 2.86. The van der Waals surface area contributed by atoms with Crippen LogP contribution in [0.15, 0.2) is 95.9 Å².